The van der Waals surface area contributed by atoms with Crippen molar-refractivity contribution in [2.24, 2.45) is 11.5 Å². The molecular formula is C11H16FN5O. The van der Waals surface area contributed by atoms with Crippen LogP contribution in [0.3, 0.4) is 0 Å². The van der Waals surface area contributed by atoms with Crippen LogP contribution < -0.4 is 22.1 Å². The highest BCUT2D eigenvalue weighted by atomic mass is 19.1. The van der Waals surface area contributed by atoms with E-state index in [0.717, 1.165) is 0 Å². The van der Waals surface area contributed by atoms with Gasteiger partial charge in [-0.1, -0.05) is 0 Å². The Morgan fingerprint density at radius 2 is 2.44 bits per heavy atom. The molecule has 18 heavy (non-hydrogen) atoms. The van der Waals surface area contributed by atoms with Gasteiger partial charge in [0.25, 0.3) is 5.91 Å². The van der Waals surface area contributed by atoms with Crippen molar-refractivity contribution in [3.8, 4) is 0 Å². The molecule has 0 aliphatic carbocycles. The molecule has 0 radical (unpaired) electrons. The number of amides is 1. The Labute approximate surface area is 104 Å². The number of alkyl halides is 1. The number of aromatic nitrogens is 1. The zero-order valence-corrected chi connectivity index (χ0v) is 9.82. The van der Waals surface area contributed by atoms with Crippen LogP contribution >= 0.6 is 0 Å². The quantitative estimate of drug-likeness (QED) is 0.543. The number of halogens is 1. The van der Waals surface area contributed by atoms with Gasteiger partial charge in [0, 0.05) is 19.3 Å². The zero-order chi connectivity index (χ0) is 13.2. The van der Waals surface area contributed by atoms with E-state index in [1.807, 2.05) is 0 Å². The van der Waals surface area contributed by atoms with Crippen LogP contribution in [0, 0.1) is 0 Å². The smallest absolute Gasteiger partial charge is 0.267 e. The van der Waals surface area contributed by atoms with Crippen molar-refractivity contribution in [2.45, 2.75) is 11.7 Å². The summed E-state index contributed by atoms with van der Waals surface area (Å²) >= 11 is 0. The third-order valence-electron chi connectivity index (χ3n) is 3.05. The number of carbonyl (C=O) groups is 1. The maximum Gasteiger partial charge on any atom is 0.267 e. The summed E-state index contributed by atoms with van der Waals surface area (Å²) in [4.78, 5) is 14.9. The van der Waals surface area contributed by atoms with Gasteiger partial charge in [-0.05, 0) is 17.7 Å². The summed E-state index contributed by atoms with van der Waals surface area (Å²) in [5.74, 6) is -0.640. The van der Waals surface area contributed by atoms with Crippen molar-refractivity contribution in [2.75, 3.05) is 19.8 Å². The molecule has 98 valence electrons. The summed E-state index contributed by atoms with van der Waals surface area (Å²) in [5, 5.41) is 6.08. The lowest BCUT2D eigenvalue weighted by Gasteiger charge is -2.40. The highest BCUT2D eigenvalue weighted by Crippen LogP contribution is 2.23. The van der Waals surface area contributed by atoms with E-state index in [1.54, 1.807) is 6.07 Å². The van der Waals surface area contributed by atoms with Gasteiger partial charge in [0.05, 0.1) is 11.7 Å². The average molecular weight is 253 g/mol. The van der Waals surface area contributed by atoms with E-state index in [0.29, 0.717) is 18.7 Å². The van der Waals surface area contributed by atoms with Gasteiger partial charge in [-0.2, -0.15) is 0 Å². The molecule has 2 heterocycles. The minimum Gasteiger partial charge on any atom is -0.364 e. The molecule has 2 rings (SSSR count). The number of primary amides is 1. The minimum absolute atomic E-state index is 0.112. The largest absolute Gasteiger partial charge is 0.364 e. The van der Waals surface area contributed by atoms with Crippen molar-refractivity contribution in [3.05, 3.63) is 29.6 Å². The van der Waals surface area contributed by atoms with Crippen LogP contribution in [0.25, 0.3) is 0 Å². The lowest BCUT2D eigenvalue weighted by Crippen LogP contribution is -2.65. The van der Waals surface area contributed by atoms with Gasteiger partial charge >= 0.3 is 0 Å². The SMILES string of the molecule is NC(=O)c1cc(C2(CF)CNCC(N)N2)ccn1. The number of carbonyl (C=O) groups excluding carboxylic acids is 1. The molecule has 6 nitrogen and oxygen atoms in total. The van der Waals surface area contributed by atoms with E-state index < -0.39 is 18.1 Å². The maximum absolute atomic E-state index is 13.4. The van der Waals surface area contributed by atoms with Crippen molar-refractivity contribution in [1.29, 1.82) is 0 Å². The highest BCUT2D eigenvalue weighted by molar-refractivity contribution is 5.90. The first-order valence-corrected chi connectivity index (χ1v) is 5.64. The molecule has 1 aromatic rings. The highest BCUT2D eigenvalue weighted by Gasteiger charge is 2.37. The predicted molar refractivity (Wildman–Crippen MR) is 64.4 cm³/mol. The topological polar surface area (TPSA) is 106 Å². The number of hydrogen-bond donors (Lipinski definition) is 4. The molecular weight excluding hydrogens is 237 g/mol. The number of pyridine rings is 1. The monoisotopic (exact) mass is 253 g/mol. The summed E-state index contributed by atoms with van der Waals surface area (Å²) in [6.45, 7) is 0.310. The van der Waals surface area contributed by atoms with Gasteiger partial charge in [0.2, 0.25) is 0 Å². The molecule has 1 saturated heterocycles. The van der Waals surface area contributed by atoms with E-state index in [4.69, 9.17) is 11.5 Å². The Kier molecular flexibility index (Phi) is 3.55. The lowest BCUT2D eigenvalue weighted by molar-refractivity contribution is 0.0995. The van der Waals surface area contributed by atoms with Crippen LogP contribution in [0.1, 0.15) is 16.1 Å². The molecule has 1 amide bonds. The first-order chi connectivity index (χ1) is 8.57. The predicted octanol–water partition coefficient (Wildman–Crippen LogP) is -1.18. The normalized spacial score (nSPS) is 28.0. The first-order valence-electron chi connectivity index (χ1n) is 5.64. The second kappa shape index (κ2) is 4.97. The third-order valence-corrected chi connectivity index (χ3v) is 3.05. The van der Waals surface area contributed by atoms with Crippen molar-refractivity contribution < 1.29 is 9.18 Å². The number of hydrogen-bond acceptors (Lipinski definition) is 5. The Bertz CT molecular complexity index is 455. The Morgan fingerprint density at radius 3 is 3.06 bits per heavy atom. The van der Waals surface area contributed by atoms with Gasteiger partial charge in [0.15, 0.2) is 0 Å². The van der Waals surface area contributed by atoms with Crippen LogP contribution in [-0.2, 0) is 5.54 Å². The molecule has 1 fully saturated rings. The van der Waals surface area contributed by atoms with Crippen molar-refractivity contribution in [1.82, 2.24) is 15.6 Å². The molecule has 2 atom stereocenters. The fraction of sp³-hybridized carbons (Fsp3) is 0.455. The molecule has 0 saturated carbocycles. The van der Waals surface area contributed by atoms with E-state index in [9.17, 15) is 9.18 Å². The zero-order valence-electron chi connectivity index (χ0n) is 9.82. The van der Waals surface area contributed by atoms with E-state index in [2.05, 4.69) is 15.6 Å². The summed E-state index contributed by atoms with van der Waals surface area (Å²) in [7, 11) is 0. The Morgan fingerprint density at radius 1 is 1.67 bits per heavy atom. The number of piperazine rings is 1. The second-order valence-corrected chi connectivity index (χ2v) is 4.39. The van der Waals surface area contributed by atoms with E-state index in [1.165, 1.54) is 12.3 Å². The summed E-state index contributed by atoms with van der Waals surface area (Å²) in [6.07, 6.45) is 1.09. The molecule has 0 spiro atoms. The van der Waals surface area contributed by atoms with E-state index >= 15 is 0 Å². The van der Waals surface area contributed by atoms with Gasteiger partial charge in [-0.3, -0.25) is 15.1 Å². The second-order valence-electron chi connectivity index (χ2n) is 4.39. The minimum atomic E-state index is -0.940. The lowest BCUT2D eigenvalue weighted by atomic mass is 9.89. The average Bonchev–Trinajstić information content (AvgIpc) is 2.38. The Hall–Kier alpha value is -1.57. The van der Waals surface area contributed by atoms with Gasteiger partial charge < -0.3 is 16.8 Å². The molecule has 1 aliphatic heterocycles. The molecule has 1 aliphatic rings. The van der Waals surface area contributed by atoms with Crippen LogP contribution in [0.4, 0.5) is 4.39 Å². The van der Waals surface area contributed by atoms with Crippen molar-refractivity contribution >= 4 is 5.91 Å². The number of rotatable bonds is 3. The maximum atomic E-state index is 13.4. The van der Waals surface area contributed by atoms with Crippen LogP contribution in [0.5, 0.6) is 0 Å². The molecule has 1 aromatic heterocycles. The number of nitrogens with zero attached hydrogens (tertiary/aromatic N) is 1. The summed E-state index contributed by atoms with van der Waals surface area (Å²) in [6, 6.07) is 3.15. The van der Waals surface area contributed by atoms with Crippen LogP contribution in [0.15, 0.2) is 18.3 Å². The van der Waals surface area contributed by atoms with Gasteiger partial charge in [-0.25, -0.2) is 4.39 Å². The fourth-order valence-corrected chi connectivity index (χ4v) is 2.11. The van der Waals surface area contributed by atoms with E-state index in [-0.39, 0.29) is 11.9 Å². The van der Waals surface area contributed by atoms with Crippen molar-refractivity contribution in [3.63, 3.8) is 0 Å². The molecule has 6 N–H and O–H groups in total. The molecule has 0 bridgehead atoms. The molecule has 0 aromatic carbocycles. The standard InChI is InChI=1S/C11H16FN5O/c12-5-11(6-15-4-9(13)17-11)7-1-2-16-8(3-7)10(14)18/h1-3,9,15,17H,4-6,13H2,(H2,14,18). The van der Waals surface area contributed by atoms with Crippen LogP contribution in [0.2, 0.25) is 0 Å². The number of nitrogens with two attached hydrogens (primary N) is 2. The molecule has 2 unspecified atom stereocenters. The van der Waals surface area contributed by atoms with Gasteiger partial charge in [0.1, 0.15) is 12.4 Å². The summed E-state index contributed by atoms with van der Waals surface area (Å²) in [5.41, 5.74) is 10.7. The first kappa shape index (κ1) is 12.9. The Balaban J connectivity index is 2.37. The molecule has 7 heteroatoms. The third kappa shape index (κ3) is 2.33. The van der Waals surface area contributed by atoms with Gasteiger partial charge in [-0.15, -0.1) is 0 Å². The summed E-state index contributed by atoms with van der Waals surface area (Å²) < 4.78 is 13.4. The van der Waals surface area contributed by atoms with Crippen LogP contribution in [-0.4, -0.2) is 36.8 Å². The number of nitrogens with one attached hydrogen (secondary N) is 2. The fourth-order valence-electron chi connectivity index (χ4n) is 2.11.